The zero-order valence-electron chi connectivity index (χ0n) is 35.5. The number of carbonyl (C=O) groups is 6. The molecule has 2 aromatic heterocycles. The molecule has 2 unspecified atom stereocenters. The largest absolute Gasteiger partial charge is 0.493 e. The van der Waals surface area contributed by atoms with Crippen LogP contribution in [-0.2, 0) is 41.9 Å². The molecule has 6 rings (SSSR count). The number of carboxylic acid groups (broad SMARTS) is 2. The lowest BCUT2D eigenvalue weighted by Gasteiger charge is -2.24. The number of benzene rings is 2. The van der Waals surface area contributed by atoms with Crippen LogP contribution in [0.1, 0.15) is 36.8 Å². The van der Waals surface area contributed by atoms with E-state index in [0.29, 0.717) is 62.4 Å². The fourth-order valence-electron chi connectivity index (χ4n) is 5.91. The number of para-hydroxylation sites is 4. The molecule has 0 bridgehead atoms. The third-order valence-corrected chi connectivity index (χ3v) is 11.5. The van der Waals surface area contributed by atoms with Crippen LogP contribution in [0.25, 0.3) is 0 Å². The summed E-state index contributed by atoms with van der Waals surface area (Å²) < 4.78 is 22.3. The van der Waals surface area contributed by atoms with Gasteiger partial charge in [-0.25, -0.2) is 0 Å². The summed E-state index contributed by atoms with van der Waals surface area (Å²) in [6, 6.07) is 22.2. The summed E-state index contributed by atoms with van der Waals surface area (Å²) in [6.07, 6.45) is 5.78. The average Bonchev–Trinajstić information content (AvgIpc) is 4.00. The van der Waals surface area contributed by atoms with Crippen molar-refractivity contribution < 1.29 is 57.9 Å². The van der Waals surface area contributed by atoms with Gasteiger partial charge in [0, 0.05) is 62.5 Å². The molecule has 4 amide bonds. The first-order chi connectivity index (χ1) is 31.0. The van der Waals surface area contributed by atoms with E-state index in [9.17, 15) is 28.8 Å². The Morgan fingerprint density at radius 2 is 1.00 bits per heavy atom. The van der Waals surface area contributed by atoms with Crippen molar-refractivity contribution in [3.05, 3.63) is 109 Å². The van der Waals surface area contributed by atoms with Crippen LogP contribution in [0.15, 0.2) is 97.6 Å². The third kappa shape index (κ3) is 17.7. The molecule has 4 heterocycles. The normalized spacial score (nSPS) is 15.0. The molecule has 4 aromatic rings. The second kappa shape index (κ2) is 27.5. The van der Waals surface area contributed by atoms with Crippen LogP contribution in [-0.4, -0.2) is 128 Å². The number of pyridine rings is 2. The summed E-state index contributed by atoms with van der Waals surface area (Å²) in [5, 5.41) is 21.1. The van der Waals surface area contributed by atoms with Crippen LogP contribution in [0.3, 0.4) is 0 Å². The fourth-order valence-corrected chi connectivity index (χ4v) is 8.19. The molecule has 0 radical (unpaired) electrons. The maximum atomic E-state index is 12.6. The highest BCUT2D eigenvalue weighted by atomic mass is 32.2. The van der Waals surface area contributed by atoms with E-state index in [1.165, 1.54) is 0 Å². The van der Waals surface area contributed by atoms with Crippen molar-refractivity contribution >= 4 is 59.1 Å². The van der Waals surface area contributed by atoms with E-state index in [2.05, 4.69) is 20.6 Å². The van der Waals surface area contributed by atoms with Crippen LogP contribution in [0.4, 0.5) is 0 Å². The molecule has 2 saturated heterocycles. The van der Waals surface area contributed by atoms with E-state index in [4.69, 9.17) is 29.2 Å². The highest BCUT2D eigenvalue weighted by Crippen LogP contribution is 2.31. The van der Waals surface area contributed by atoms with Crippen molar-refractivity contribution in [1.29, 1.82) is 0 Å². The van der Waals surface area contributed by atoms with Crippen LogP contribution < -0.4 is 29.6 Å². The molecule has 64 heavy (non-hydrogen) atoms. The maximum absolute atomic E-state index is 12.6. The van der Waals surface area contributed by atoms with Gasteiger partial charge in [0.1, 0.15) is 36.8 Å². The first-order valence-electron chi connectivity index (χ1n) is 20.1. The quantitative estimate of drug-likeness (QED) is 0.0970. The number of aromatic nitrogens is 2. The number of aliphatic carboxylic acids is 2. The summed E-state index contributed by atoms with van der Waals surface area (Å²) in [5.41, 5.74) is 1.78. The third-order valence-electron chi connectivity index (χ3n) is 9.12. The number of thioether (sulfide) groups is 2. The van der Waals surface area contributed by atoms with Crippen molar-refractivity contribution in [3.63, 3.8) is 0 Å². The molecule has 2 fully saturated rings. The van der Waals surface area contributed by atoms with Crippen LogP contribution in [0.2, 0.25) is 0 Å². The highest BCUT2D eigenvalue weighted by molar-refractivity contribution is 8.00. The molecule has 342 valence electrons. The minimum atomic E-state index is -1.08. The lowest BCUT2D eigenvalue weighted by atomic mass is 10.2. The van der Waals surface area contributed by atoms with Gasteiger partial charge in [0.25, 0.3) is 0 Å². The number of methoxy groups -OCH3 is 2. The molecule has 0 spiro atoms. The molecule has 2 atom stereocenters. The molecule has 20 heteroatoms. The number of rotatable bonds is 19. The zero-order chi connectivity index (χ0) is 46.1. The minimum absolute atomic E-state index is 0.122. The maximum Gasteiger partial charge on any atom is 0.303 e. The monoisotopic (exact) mass is 920 g/mol. The van der Waals surface area contributed by atoms with Crippen LogP contribution in [0.5, 0.6) is 23.0 Å². The van der Waals surface area contributed by atoms with Crippen LogP contribution in [0, 0.1) is 0 Å². The van der Waals surface area contributed by atoms with Gasteiger partial charge in [-0.05, 0) is 47.5 Å². The number of nitrogens with one attached hydrogen (secondary N) is 2. The standard InChI is InChI=1S/2C20H23N3O4S.C4H6O4/c2*1-26-16-6-2-3-7-17(16)27-14-20-23(9-10-28-20)19(25)11-18(24)22-13-15-5-4-8-21-12-15;5-3(6)1-2-4(7)8/h2*2-8,12,20H,9-11,13-14H2,1H3,(H,22,24);1-2H2,(H,5,6)(H,7,8). The highest BCUT2D eigenvalue weighted by Gasteiger charge is 2.32. The number of hydrogen-bond acceptors (Lipinski definition) is 14. The number of nitrogens with zero attached hydrogens (tertiary/aromatic N) is 4. The number of amides is 4. The van der Waals surface area contributed by atoms with Gasteiger partial charge in [-0.3, -0.25) is 38.7 Å². The second-order valence-corrected chi connectivity index (χ2v) is 16.2. The summed E-state index contributed by atoms with van der Waals surface area (Å²) in [4.78, 5) is 80.1. The smallest absolute Gasteiger partial charge is 0.303 e. The molecule has 4 N–H and O–H groups in total. The lowest BCUT2D eigenvalue weighted by molar-refractivity contribution is -0.143. The Labute approximate surface area is 379 Å². The number of hydrogen-bond donors (Lipinski definition) is 4. The molecule has 0 aliphatic carbocycles. The Morgan fingerprint density at radius 3 is 1.34 bits per heavy atom. The van der Waals surface area contributed by atoms with Gasteiger partial charge in [-0.2, -0.15) is 0 Å². The van der Waals surface area contributed by atoms with Gasteiger partial charge in [0.2, 0.25) is 23.6 Å². The first-order valence-corrected chi connectivity index (χ1v) is 22.2. The molecular formula is C44H52N6O12S2. The summed E-state index contributed by atoms with van der Waals surface area (Å²) in [6.45, 7) is 2.62. The predicted molar refractivity (Wildman–Crippen MR) is 239 cm³/mol. The van der Waals surface area contributed by atoms with Gasteiger partial charge in [0.15, 0.2) is 23.0 Å². The van der Waals surface area contributed by atoms with E-state index < -0.39 is 11.9 Å². The Hall–Kier alpha value is -6.54. The van der Waals surface area contributed by atoms with Gasteiger partial charge in [-0.15, -0.1) is 23.5 Å². The summed E-state index contributed by atoms with van der Waals surface area (Å²) in [5.74, 6) is 1.09. The van der Waals surface area contributed by atoms with Crippen molar-refractivity contribution in [2.75, 3.05) is 52.0 Å². The Kier molecular flexibility index (Phi) is 21.5. The summed E-state index contributed by atoms with van der Waals surface area (Å²) in [7, 11) is 3.18. The van der Waals surface area contributed by atoms with Crippen LogP contribution >= 0.6 is 23.5 Å². The molecule has 2 aliphatic rings. The van der Waals surface area contributed by atoms with E-state index in [1.54, 1.807) is 84.5 Å². The fraction of sp³-hybridized carbons (Fsp3) is 0.364. The van der Waals surface area contributed by atoms with E-state index in [-0.39, 0.29) is 60.1 Å². The van der Waals surface area contributed by atoms with Crippen molar-refractivity contribution in [2.24, 2.45) is 0 Å². The number of ether oxygens (including phenoxy) is 4. The zero-order valence-corrected chi connectivity index (χ0v) is 37.1. The number of carboxylic acids is 2. The van der Waals surface area contributed by atoms with Gasteiger partial charge in [-0.1, -0.05) is 36.4 Å². The topological polar surface area (TPSA) is 236 Å². The van der Waals surface area contributed by atoms with E-state index in [0.717, 1.165) is 22.6 Å². The lowest BCUT2D eigenvalue weighted by Crippen LogP contribution is -2.40. The Morgan fingerprint density at radius 1 is 0.609 bits per heavy atom. The van der Waals surface area contributed by atoms with Crippen molar-refractivity contribution in [1.82, 2.24) is 30.4 Å². The van der Waals surface area contributed by atoms with E-state index in [1.807, 2.05) is 60.7 Å². The van der Waals surface area contributed by atoms with Gasteiger partial charge in [0.05, 0.1) is 27.1 Å². The Balaban J connectivity index is 0.000000240. The van der Waals surface area contributed by atoms with Crippen molar-refractivity contribution in [3.8, 4) is 23.0 Å². The molecule has 18 nitrogen and oxygen atoms in total. The van der Waals surface area contributed by atoms with Crippen molar-refractivity contribution in [2.45, 2.75) is 49.5 Å². The molecule has 2 aromatic carbocycles. The predicted octanol–water partition coefficient (Wildman–Crippen LogP) is 4.09. The average molecular weight is 921 g/mol. The Bertz CT molecular complexity index is 1970. The SMILES string of the molecule is COc1ccccc1OCC1SCCN1C(=O)CC(=O)NCc1cccnc1.COc1ccccc1OCC1SCCN1C(=O)CC(=O)NCc1cccnc1.O=C(O)CCC(=O)O. The first kappa shape index (κ1) is 50.1. The second-order valence-electron chi connectivity index (χ2n) is 13.7. The van der Waals surface area contributed by atoms with Gasteiger partial charge >= 0.3 is 11.9 Å². The van der Waals surface area contributed by atoms with Gasteiger partial charge < -0.3 is 49.6 Å². The molecule has 2 aliphatic heterocycles. The van der Waals surface area contributed by atoms with E-state index >= 15 is 0 Å². The molecular weight excluding hydrogens is 869 g/mol. The minimum Gasteiger partial charge on any atom is -0.493 e. The summed E-state index contributed by atoms with van der Waals surface area (Å²) >= 11 is 3.30. The number of carbonyl (C=O) groups excluding carboxylic acids is 4. The molecule has 0 saturated carbocycles.